The Morgan fingerprint density at radius 3 is 1.87 bits per heavy atom. The van der Waals surface area contributed by atoms with Crippen molar-refractivity contribution in [3.05, 3.63) is 24.3 Å². The maximum absolute atomic E-state index is 10.3. The number of amides is 1. The molecule has 0 spiro atoms. The van der Waals surface area contributed by atoms with Gasteiger partial charge in [0.05, 0.1) is 6.61 Å². The van der Waals surface area contributed by atoms with Crippen molar-refractivity contribution in [2.45, 2.75) is 77.6 Å². The molecule has 0 aliphatic carbocycles. The molecule has 0 aliphatic heterocycles. The number of nitrogens with one attached hydrogen (secondary N) is 1. The first-order chi connectivity index (χ1) is 11.4. The third-order valence-corrected chi connectivity index (χ3v) is 4.10. The summed E-state index contributed by atoms with van der Waals surface area (Å²) in [5.74, 6) is 0.869. The van der Waals surface area contributed by atoms with Crippen molar-refractivity contribution >= 4 is 12.1 Å². The normalized spacial score (nSPS) is 10.5. The molecule has 3 nitrogen and oxygen atoms in total. The number of carbonyl (C=O) groups excluding carboxylic acids is 1. The van der Waals surface area contributed by atoms with E-state index >= 15 is 0 Å². The van der Waals surface area contributed by atoms with Crippen LogP contribution in [0.5, 0.6) is 5.75 Å². The van der Waals surface area contributed by atoms with Crippen LogP contribution in [0.3, 0.4) is 0 Å². The molecule has 0 aliphatic rings. The van der Waals surface area contributed by atoms with Crippen LogP contribution in [0.1, 0.15) is 77.6 Å². The van der Waals surface area contributed by atoms with Crippen LogP contribution in [-0.4, -0.2) is 13.0 Å². The first kappa shape index (κ1) is 19.5. The van der Waals surface area contributed by atoms with Gasteiger partial charge >= 0.3 is 0 Å². The standard InChI is InChI=1S/C20H33NO2/c1-2-3-4-5-6-7-8-9-10-11-12-17-23-20-15-13-19(14-16-20)21-18-22/h13-16,18H,2-12,17H2,1H3,(H,21,22). The Bertz CT molecular complexity index is 389. The van der Waals surface area contributed by atoms with Gasteiger partial charge in [-0.15, -0.1) is 0 Å². The second-order valence-electron chi connectivity index (χ2n) is 6.17. The van der Waals surface area contributed by atoms with Crippen molar-refractivity contribution < 1.29 is 9.53 Å². The lowest BCUT2D eigenvalue weighted by Crippen LogP contribution is -1.98. The third-order valence-electron chi connectivity index (χ3n) is 4.10. The zero-order valence-electron chi connectivity index (χ0n) is 14.7. The van der Waals surface area contributed by atoms with E-state index in [0.717, 1.165) is 24.5 Å². The van der Waals surface area contributed by atoms with Crippen LogP contribution >= 0.6 is 0 Å². The fourth-order valence-electron chi connectivity index (χ4n) is 2.67. The van der Waals surface area contributed by atoms with Crippen LogP contribution < -0.4 is 10.1 Å². The molecule has 0 saturated carbocycles. The van der Waals surface area contributed by atoms with E-state index in [4.69, 9.17) is 4.74 Å². The van der Waals surface area contributed by atoms with E-state index < -0.39 is 0 Å². The number of unbranched alkanes of at least 4 members (excludes halogenated alkanes) is 10. The van der Waals surface area contributed by atoms with Gasteiger partial charge in [0.2, 0.25) is 6.41 Å². The van der Waals surface area contributed by atoms with E-state index in [-0.39, 0.29) is 0 Å². The second-order valence-corrected chi connectivity index (χ2v) is 6.17. The maximum Gasteiger partial charge on any atom is 0.211 e. The van der Waals surface area contributed by atoms with Gasteiger partial charge in [-0.25, -0.2) is 0 Å². The molecule has 0 heterocycles. The Morgan fingerprint density at radius 1 is 0.826 bits per heavy atom. The Morgan fingerprint density at radius 2 is 1.35 bits per heavy atom. The first-order valence-corrected chi connectivity index (χ1v) is 9.30. The van der Waals surface area contributed by atoms with Crippen LogP contribution in [0.15, 0.2) is 24.3 Å². The summed E-state index contributed by atoms with van der Waals surface area (Å²) in [6.07, 6.45) is 15.5. The Labute approximate surface area is 141 Å². The average molecular weight is 319 g/mol. The van der Waals surface area contributed by atoms with Crippen molar-refractivity contribution in [2.24, 2.45) is 0 Å². The molecule has 0 fully saturated rings. The predicted molar refractivity (Wildman–Crippen MR) is 98.1 cm³/mol. The molecule has 3 heteroatoms. The van der Waals surface area contributed by atoms with Crippen molar-refractivity contribution in [2.75, 3.05) is 11.9 Å². The molecule has 0 saturated heterocycles. The molecule has 1 amide bonds. The van der Waals surface area contributed by atoms with Gasteiger partial charge in [-0.3, -0.25) is 4.79 Å². The Kier molecular flexibility index (Phi) is 12.0. The molecule has 1 aromatic carbocycles. The largest absolute Gasteiger partial charge is 0.494 e. The number of rotatable bonds is 15. The number of benzene rings is 1. The Hall–Kier alpha value is -1.51. The lowest BCUT2D eigenvalue weighted by molar-refractivity contribution is -0.105. The van der Waals surface area contributed by atoms with Gasteiger partial charge in [0.15, 0.2) is 0 Å². The SMILES string of the molecule is CCCCCCCCCCCCCOc1ccc(NC=O)cc1. The smallest absolute Gasteiger partial charge is 0.211 e. The zero-order chi connectivity index (χ0) is 16.6. The van der Waals surface area contributed by atoms with Crippen molar-refractivity contribution in [1.82, 2.24) is 0 Å². The van der Waals surface area contributed by atoms with E-state index in [2.05, 4.69) is 12.2 Å². The highest BCUT2D eigenvalue weighted by Crippen LogP contribution is 2.16. The van der Waals surface area contributed by atoms with Crippen molar-refractivity contribution in [3.63, 3.8) is 0 Å². The van der Waals surface area contributed by atoms with Gasteiger partial charge in [0.25, 0.3) is 0 Å². The summed E-state index contributed by atoms with van der Waals surface area (Å²) in [7, 11) is 0. The summed E-state index contributed by atoms with van der Waals surface area (Å²) in [6, 6.07) is 7.49. The number of hydrogen-bond donors (Lipinski definition) is 1. The van der Waals surface area contributed by atoms with E-state index in [1.54, 1.807) is 0 Å². The van der Waals surface area contributed by atoms with E-state index in [9.17, 15) is 4.79 Å². The zero-order valence-corrected chi connectivity index (χ0v) is 14.7. The lowest BCUT2D eigenvalue weighted by atomic mass is 10.1. The minimum absolute atomic E-state index is 0.682. The molecular weight excluding hydrogens is 286 g/mol. The quantitative estimate of drug-likeness (QED) is 0.321. The average Bonchev–Trinajstić information content (AvgIpc) is 2.57. The summed E-state index contributed by atoms with van der Waals surface area (Å²) in [6.45, 7) is 3.04. The molecule has 1 aromatic rings. The predicted octanol–water partition coefficient (Wildman–Crippen LogP) is 5.94. The molecule has 1 N–H and O–H groups in total. The highest BCUT2D eigenvalue weighted by Gasteiger charge is 1.96. The van der Waals surface area contributed by atoms with E-state index in [1.165, 1.54) is 64.2 Å². The van der Waals surface area contributed by atoms with Gasteiger partial charge in [-0.1, -0.05) is 71.1 Å². The highest BCUT2D eigenvalue weighted by atomic mass is 16.5. The molecule has 0 bridgehead atoms. The molecule has 130 valence electrons. The molecule has 0 aromatic heterocycles. The van der Waals surface area contributed by atoms with Crippen LogP contribution in [0.4, 0.5) is 5.69 Å². The molecule has 23 heavy (non-hydrogen) atoms. The summed E-state index contributed by atoms with van der Waals surface area (Å²) in [4.78, 5) is 10.3. The van der Waals surface area contributed by atoms with Gasteiger partial charge in [0, 0.05) is 5.69 Å². The number of hydrogen-bond acceptors (Lipinski definition) is 2. The highest BCUT2D eigenvalue weighted by molar-refractivity contribution is 5.71. The molecule has 0 unspecified atom stereocenters. The van der Waals surface area contributed by atoms with Crippen LogP contribution in [0.2, 0.25) is 0 Å². The summed E-state index contributed by atoms with van der Waals surface area (Å²) < 4.78 is 5.71. The molecular formula is C20H33NO2. The summed E-state index contributed by atoms with van der Waals surface area (Å²) in [5.41, 5.74) is 0.794. The third kappa shape index (κ3) is 10.8. The van der Waals surface area contributed by atoms with Gasteiger partial charge < -0.3 is 10.1 Å². The molecule has 0 radical (unpaired) electrons. The fourth-order valence-corrected chi connectivity index (χ4v) is 2.67. The minimum atomic E-state index is 0.682. The second kappa shape index (κ2) is 14.1. The maximum atomic E-state index is 10.3. The fraction of sp³-hybridized carbons (Fsp3) is 0.650. The van der Waals surface area contributed by atoms with Gasteiger partial charge in [0.1, 0.15) is 5.75 Å². The van der Waals surface area contributed by atoms with Crippen LogP contribution in [0.25, 0.3) is 0 Å². The summed E-state index contributed by atoms with van der Waals surface area (Å²) in [5, 5.41) is 2.61. The minimum Gasteiger partial charge on any atom is -0.494 e. The topological polar surface area (TPSA) is 38.3 Å². The van der Waals surface area contributed by atoms with Gasteiger partial charge in [-0.05, 0) is 30.7 Å². The lowest BCUT2D eigenvalue weighted by Gasteiger charge is -2.07. The van der Waals surface area contributed by atoms with E-state index in [1.807, 2.05) is 24.3 Å². The monoisotopic (exact) mass is 319 g/mol. The molecule has 0 atom stereocenters. The summed E-state index contributed by atoms with van der Waals surface area (Å²) >= 11 is 0. The van der Waals surface area contributed by atoms with Gasteiger partial charge in [-0.2, -0.15) is 0 Å². The van der Waals surface area contributed by atoms with Crippen LogP contribution in [-0.2, 0) is 4.79 Å². The van der Waals surface area contributed by atoms with Crippen molar-refractivity contribution in [1.29, 1.82) is 0 Å². The number of carbonyl (C=O) groups is 1. The van der Waals surface area contributed by atoms with Crippen LogP contribution in [0, 0.1) is 0 Å². The first-order valence-electron chi connectivity index (χ1n) is 9.30. The van der Waals surface area contributed by atoms with E-state index in [0.29, 0.717) is 6.41 Å². The molecule has 1 rings (SSSR count). The Balaban J connectivity index is 1.88. The number of ether oxygens (including phenoxy) is 1. The van der Waals surface area contributed by atoms with Crippen molar-refractivity contribution in [3.8, 4) is 5.75 Å². The number of anilines is 1.